The van der Waals surface area contributed by atoms with Gasteiger partial charge in [0.05, 0.1) is 0 Å². The summed E-state index contributed by atoms with van der Waals surface area (Å²) < 4.78 is 18.9. The molecule has 0 unspecified atom stereocenters. The topological polar surface area (TPSA) is 9.23 Å². The third-order valence-electron chi connectivity index (χ3n) is 2.51. The van der Waals surface area contributed by atoms with E-state index in [1.54, 1.807) is 6.07 Å². The summed E-state index contributed by atoms with van der Waals surface area (Å²) in [5, 5.41) is 0. The summed E-state index contributed by atoms with van der Waals surface area (Å²) in [6.45, 7) is 4.64. The zero-order valence-corrected chi connectivity index (χ0v) is 9.59. The van der Waals surface area contributed by atoms with Gasteiger partial charge in [-0.05, 0) is 38.5 Å². The zero-order chi connectivity index (χ0) is 11.5. The van der Waals surface area contributed by atoms with Crippen molar-refractivity contribution in [3.8, 4) is 5.75 Å². The predicted octanol–water partition coefficient (Wildman–Crippen LogP) is 3.74. The maximum Gasteiger partial charge on any atom is 0.130 e. The van der Waals surface area contributed by atoms with Crippen LogP contribution >= 0.6 is 0 Å². The molecule has 0 amide bonds. The molecule has 1 heterocycles. The van der Waals surface area contributed by atoms with Crippen LogP contribution in [0.5, 0.6) is 5.75 Å². The van der Waals surface area contributed by atoms with Crippen LogP contribution in [0.4, 0.5) is 4.39 Å². The standard InChI is InChI=1S/C14H15FO/c1-10(2)5-6-12-9-13(15)8-11-4-3-7-16-14(11)12/h3-5,8-9H,6-7H2,1-2H3. The molecule has 1 aliphatic heterocycles. The van der Waals surface area contributed by atoms with E-state index in [-0.39, 0.29) is 5.82 Å². The number of ether oxygens (including phenoxy) is 1. The average molecular weight is 218 g/mol. The van der Waals surface area contributed by atoms with Crippen LogP contribution in [-0.2, 0) is 6.42 Å². The number of hydrogen-bond donors (Lipinski definition) is 0. The third kappa shape index (κ3) is 2.32. The lowest BCUT2D eigenvalue weighted by Gasteiger charge is -2.16. The molecule has 0 saturated heterocycles. The molecule has 2 heteroatoms. The first kappa shape index (κ1) is 10.9. The fourth-order valence-corrected chi connectivity index (χ4v) is 1.75. The van der Waals surface area contributed by atoms with Crippen LogP contribution in [0, 0.1) is 5.82 Å². The van der Waals surface area contributed by atoms with Crippen molar-refractivity contribution < 1.29 is 9.13 Å². The molecular weight excluding hydrogens is 203 g/mol. The highest BCUT2D eigenvalue weighted by molar-refractivity contribution is 5.62. The smallest absolute Gasteiger partial charge is 0.130 e. The summed E-state index contributed by atoms with van der Waals surface area (Å²) in [6, 6.07) is 3.06. The second kappa shape index (κ2) is 4.52. The Labute approximate surface area is 95.2 Å². The molecule has 1 aliphatic rings. The van der Waals surface area contributed by atoms with E-state index in [2.05, 4.69) is 6.08 Å². The number of allylic oxidation sites excluding steroid dienone is 2. The lowest BCUT2D eigenvalue weighted by molar-refractivity contribution is 0.354. The van der Waals surface area contributed by atoms with Crippen LogP contribution in [0.3, 0.4) is 0 Å². The number of fused-ring (bicyclic) bond motifs is 1. The van der Waals surface area contributed by atoms with Gasteiger partial charge < -0.3 is 4.74 Å². The molecule has 0 aromatic heterocycles. The van der Waals surface area contributed by atoms with Crippen molar-refractivity contribution >= 4 is 6.08 Å². The van der Waals surface area contributed by atoms with Crippen molar-refractivity contribution in [1.82, 2.24) is 0 Å². The number of benzene rings is 1. The molecule has 0 saturated carbocycles. The molecule has 0 spiro atoms. The predicted molar refractivity (Wildman–Crippen MR) is 64.1 cm³/mol. The molecule has 16 heavy (non-hydrogen) atoms. The molecule has 0 bridgehead atoms. The van der Waals surface area contributed by atoms with Gasteiger partial charge in [0.1, 0.15) is 18.2 Å². The molecular formula is C14H15FO. The van der Waals surface area contributed by atoms with E-state index < -0.39 is 0 Å². The van der Waals surface area contributed by atoms with Crippen LogP contribution < -0.4 is 4.74 Å². The van der Waals surface area contributed by atoms with Gasteiger partial charge in [-0.1, -0.05) is 17.7 Å². The van der Waals surface area contributed by atoms with Gasteiger partial charge in [0.15, 0.2) is 0 Å². The lowest BCUT2D eigenvalue weighted by atomic mass is 10.0. The monoisotopic (exact) mass is 218 g/mol. The molecule has 0 atom stereocenters. The molecule has 0 aliphatic carbocycles. The largest absolute Gasteiger partial charge is 0.489 e. The summed E-state index contributed by atoms with van der Waals surface area (Å²) >= 11 is 0. The Morgan fingerprint density at radius 1 is 1.44 bits per heavy atom. The van der Waals surface area contributed by atoms with Gasteiger partial charge in [0.2, 0.25) is 0 Å². The Balaban J connectivity index is 2.40. The van der Waals surface area contributed by atoms with Crippen LogP contribution in [0.25, 0.3) is 6.08 Å². The Morgan fingerprint density at radius 2 is 2.25 bits per heavy atom. The Kier molecular flexibility index (Phi) is 3.09. The Hall–Kier alpha value is -1.57. The second-order valence-corrected chi connectivity index (χ2v) is 4.18. The fourth-order valence-electron chi connectivity index (χ4n) is 1.75. The highest BCUT2D eigenvalue weighted by Crippen LogP contribution is 2.30. The van der Waals surface area contributed by atoms with Gasteiger partial charge in [-0.2, -0.15) is 0 Å². The van der Waals surface area contributed by atoms with E-state index in [4.69, 9.17) is 4.74 Å². The number of halogens is 1. The molecule has 1 aromatic carbocycles. The van der Waals surface area contributed by atoms with Gasteiger partial charge in [0.25, 0.3) is 0 Å². The molecule has 1 nitrogen and oxygen atoms in total. The second-order valence-electron chi connectivity index (χ2n) is 4.18. The molecule has 1 aromatic rings. The molecule has 0 N–H and O–H groups in total. The number of hydrogen-bond acceptors (Lipinski definition) is 1. The summed E-state index contributed by atoms with van der Waals surface area (Å²) in [5.41, 5.74) is 2.98. The van der Waals surface area contributed by atoms with Gasteiger partial charge in [-0.3, -0.25) is 0 Å². The maximum atomic E-state index is 13.4. The zero-order valence-electron chi connectivity index (χ0n) is 9.59. The van der Waals surface area contributed by atoms with Crippen molar-refractivity contribution in [3.05, 3.63) is 46.8 Å². The van der Waals surface area contributed by atoms with Crippen molar-refractivity contribution in [1.29, 1.82) is 0 Å². The first-order chi connectivity index (χ1) is 7.66. The Morgan fingerprint density at radius 3 is 3.00 bits per heavy atom. The molecule has 84 valence electrons. The summed E-state index contributed by atoms with van der Waals surface area (Å²) in [4.78, 5) is 0. The minimum Gasteiger partial charge on any atom is -0.489 e. The van der Waals surface area contributed by atoms with Crippen LogP contribution in [0.1, 0.15) is 25.0 Å². The van der Waals surface area contributed by atoms with Crippen LogP contribution in [0.15, 0.2) is 29.9 Å². The van der Waals surface area contributed by atoms with Crippen LogP contribution in [-0.4, -0.2) is 6.61 Å². The van der Waals surface area contributed by atoms with Gasteiger partial charge in [-0.25, -0.2) is 4.39 Å². The first-order valence-electron chi connectivity index (χ1n) is 5.42. The van der Waals surface area contributed by atoms with E-state index in [1.165, 1.54) is 11.6 Å². The van der Waals surface area contributed by atoms with Crippen molar-refractivity contribution in [2.24, 2.45) is 0 Å². The minimum atomic E-state index is -0.203. The number of rotatable bonds is 2. The fraction of sp³-hybridized carbons (Fsp3) is 0.286. The summed E-state index contributed by atoms with van der Waals surface area (Å²) in [5.74, 6) is 0.618. The minimum absolute atomic E-state index is 0.203. The van der Waals surface area contributed by atoms with E-state index in [0.717, 1.165) is 23.3 Å². The normalized spacial score (nSPS) is 12.9. The van der Waals surface area contributed by atoms with Crippen molar-refractivity contribution in [2.75, 3.05) is 6.61 Å². The Bertz CT molecular complexity index is 454. The van der Waals surface area contributed by atoms with E-state index in [1.807, 2.05) is 26.0 Å². The third-order valence-corrected chi connectivity index (χ3v) is 2.51. The van der Waals surface area contributed by atoms with Gasteiger partial charge >= 0.3 is 0 Å². The SMILES string of the molecule is CC(C)=CCc1cc(F)cc2c1OCC=C2. The van der Waals surface area contributed by atoms with E-state index in [9.17, 15) is 4.39 Å². The summed E-state index contributed by atoms with van der Waals surface area (Å²) in [7, 11) is 0. The molecule has 2 rings (SSSR count). The van der Waals surface area contributed by atoms with Crippen molar-refractivity contribution in [3.63, 3.8) is 0 Å². The van der Waals surface area contributed by atoms with Crippen molar-refractivity contribution in [2.45, 2.75) is 20.3 Å². The van der Waals surface area contributed by atoms with Crippen LogP contribution in [0.2, 0.25) is 0 Å². The lowest BCUT2D eigenvalue weighted by Crippen LogP contribution is -2.04. The molecule has 0 radical (unpaired) electrons. The average Bonchev–Trinajstić information content (AvgIpc) is 2.25. The van der Waals surface area contributed by atoms with E-state index >= 15 is 0 Å². The highest BCUT2D eigenvalue weighted by Gasteiger charge is 2.12. The van der Waals surface area contributed by atoms with Gasteiger partial charge in [-0.15, -0.1) is 0 Å². The summed E-state index contributed by atoms with van der Waals surface area (Å²) in [6.07, 6.45) is 6.60. The van der Waals surface area contributed by atoms with E-state index in [0.29, 0.717) is 6.61 Å². The highest BCUT2D eigenvalue weighted by atomic mass is 19.1. The molecule has 0 fully saturated rings. The maximum absolute atomic E-state index is 13.4. The first-order valence-corrected chi connectivity index (χ1v) is 5.42. The quantitative estimate of drug-likeness (QED) is 0.687. The van der Waals surface area contributed by atoms with Gasteiger partial charge in [0, 0.05) is 11.1 Å².